The molecule has 0 bridgehead atoms. The summed E-state index contributed by atoms with van der Waals surface area (Å²) in [6.07, 6.45) is 1.01. The van der Waals surface area contributed by atoms with Crippen LogP contribution in [0.25, 0.3) is 5.70 Å². The van der Waals surface area contributed by atoms with Crippen LogP contribution < -0.4 is 34.7 Å². The Morgan fingerprint density at radius 2 is 2.20 bits per heavy atom. The fourth-order valence-corrected chi connectivity index (χ4v) is 3.15. The summed E-state index contributed by atoms with van der Waals surface area (Å²) < 4.78 is 1.14. The number of hydrogen-bond acceptors (Lipinski definition) is 2. The lowest BCUT2D eigenvalue weighted by molar-refractivity contribution is -0.206. The predicted octanol–water partition coefficient (Wildman–Crippen LogP) is -1.64. The van der Waals surface area contributed by atoms with E-state index in [1.807, 2.05) is 0 Å². The molecule has 0 spiro atoms. The molecular formula is C10H8BrIN2S+. The molecule has 1 aromatic rings. The fraction of sp³-hybridized carbons (Fsp3) is 0.100. The first-order valence-corrected chi connectivity index (χ1v) is 5.95. The summed E-state index contributed by atoms with van der Waals surface area (Å²) in [6, 6.07) is 6.37. The van der Waals surface area contributed by atoms with Gasteiger partial charge in [0.05, 0.1) is 22.2 Å². The summed E-state index contributed by atoms with van der Waals surface area (Å²) in [6.45, 7) is 0. The van der Waals surface area contributed by atoms with Crippen LogP contribution in [-0.2, 0) is 6.42 Å². The number of amidine groups is 1. The first-order valence-electron chi connectivity index (χ1n) is 4.34. The van der Waals surface area contributed by atoms with E-state index in [9.17, 15) is 0 Å². The first kappa shape index (κ1) is 11.6. The van der Waals surface area contributed by atoms with E-state index in [0.29, 0.717) is 0 Å². The Balaban J connectivity index is 0.000000853. The number of aliphatic imine (C=N–C) groups is 1. The Morgan fingerprint density at radius 1 is 1.40 bits per heavy atom. The monoisotopic (exact) mass is 394 g/mol. The van der Waals surface area contributed by atoms with E-state index >= 15 is 0 Å². The fourth-order valence-electron chi connectivity index (χ4n) is 1.84. The molecule has 3 N–H and O–H groups in total. The molecule has 1 aliphatic carbocycles. The normalized spacial score (nSPS) is 17.1. The quantitative estimate of drug-likeness (QED) is 0.527. The van der Waals surface area contributed by atoms with Gasteiger partial charge < -0.3 is 24.0 Å². The number of benzene rings is 1. The third-order valence-electron chi connectivity index (χ3n) is 2.42. The topological polar surface area (TPSA) is 41.7 Å². The van der Waals surface area contributed by atoms with E-state index in [0.717, 1.165) is 21.8 Å². The van der Waals surface area contributed by atoms with Crippen molar-refractivity contribution in [2.75, 3.05) is 0 Å². The smallest absolute Gasteiger partial charge is 0.471 e. The molecule has 0 saturated heterocycles. The maximum absolute atomic E-state index is 4.45. The van der Waals surface area contributed by atoms with E-state index in [2.05, 4.69) is 44.9 Å². The number of hydrogen-bond donors (Lipinski definition) is 1. The molecular weight excluding hydrogens is 387 g/mol. The molecule has 1 radical (unpaired) electrons. The highest BCUT2D eigenvalue weighted by Crippen LogP contribution is 2.40. The van der Waals surface area contributed by atoms with Crippen LogP contribution in [-0.4, -0.2) is 5.17 Å². The second kappa shape index (κ2) is 4.20. The number of quaternary nitrogens is 1. The van der Waals surface area contributed by atoms with Crippen molar-refractivity contribution in [3.05, 3.63) is 38.7 Å². The van der Waals surface area contributed by atoms with Crippen molar-refractivity contribution in [3.8, 4) is 0 Å². The van der Waals surface area contributed by atoms with Gasteiger partial charge in [0.15, 0.2) is 0 Å². The number of allylic oxidation sites excluding steroid dienone is 1. The molecule has 3 rings (SSSR count). The van der Waals surface area contributed by atoms with E-state index in [1.165, 1.54) is 16.0 Å². The van der Waals surface area contributed by atoms with Crippen LogP contribution in [0, 0.1) is 0 Å². The lowest BCUT2D eigenvalue weighted by Gasteiger charge is -1.97. The maximum atomic E-state index is 4.45. The molecule has 1 aliphatic heterocycles. The zero-order valence-electron chi connectivity index (χ0n) is 7.76. The Hall–Kier alpha value is 0.150. The molecule has 0 aromatic heterocycles. The minimum atomic E-state index is 0. The number of halogens is 2. The Bertz CT molecular complexity index is 496. The van der Waals surface area contributed by atoms with E-state index in [-0.39, 0.29) is 24.0 Å². The van der Waals surface area contributed by atoms with Crippen molar-refractivity contribution in [1.82, 2.24) is 4.99 Å². The van der Waals surface area contributed by atoms with Gasteiger partial charge in [-0.05, 0) is 23.8 Å². The summed E-state index contributed by atoms with van der Waals surface area (Å²) in [5.41, 5.74) is 7.65. The average molecular weight is 395 g/mol. The van der Waals surface area contributed by atoms with Gasteiger partial charge in [0.25, 0.3) is 0 Å². The minimum Gasteiger partial charge on any atom is -1.00 e. The molecule has 5 heteroatoms. The van der Waals surface area contributed by atoms with Crippen molar-refractivity contribution in [3.63, 3.8) is 0 Å². The lowest BCUT2D eigenvalue weighted by Crippen LogP contribution is -3.00. The summed E-state index contributed by atoms with van der Waals surface area (Å²) in [4.78, 5) is 5.80. The van der Waals surface area contributed by atoms with E-state index in [1.54, 1.807) is 11.8 Å². The highest BCUT2D eigenvalue weighted by Gasteiger charge is 2.39. The van der Waals surface area contributed by atoms with Crippen LogP contribution in [0.1, 0.15) is 11.1 Å². The molecule has 77 valence electrons. The maximum Gasteiger partial charge on any atom is 0.471 e. The minimum absolute atomic E-state index is 0. The third kappa shape index (κ3) is 1.90. The molecule has 0 amide bonds. The average Bonchev–Trinajstić information content (AvgIpc) is 2.59. The van der Waals surface area contributed by atoms with Crippen molar-refractivity contribution >= 4 is 38.6 Å². The SMILES string of the molecule is [I-].[NH3+]C1=[N+]C2=C(Cc3cc(Br)ccc32)S1. The van der Waals surface area contributed by atoms with Gasteiger partial charge in [-0.25, -0.2) is 0 Å². The van der Waals surface area contributed by atoms with E-state index in [4.69, 9.17) is 0 Å². The van der Waals surface area contributed by atoms with Crippen LogP contribution in [0.15, 0.2) is 27.6 Å². The number of fused-ring (bicyclic) bond motifs is 2. The van der Waals surface area contributed by atoms with Crippen molar-refractivity contribution < 1.29 is 29.7 Å². The van der Waals surface area contributed by atoms with Gasteiger partial charge in [0.2, 0.25) is 0 Å². The number of rotatable bonds is 0. The lowest BCUT2D eigenvalue weighted by atomic mass is 10.1. The molecule has 1 heterocycles. The zero-order valence-corrected chi connectivity index (χ0v) is 12.3. The van der Waals surface area contributed by atoms with Crippen LogP contribution >= 0.6 is 27.7 Å². The molecule has 0 fully saturated rings. The van der Waals surface area contributed by atoms with Crippen LogP contribution in [0.3, 0.4) is 0 Å². The molecule has 0 atom stereocenters. The highest BCUT2D eigenvalue weighted by atomic mass is 127. The van der Waals surface area contributed by atoms with Crippen molar-refractivity contribution in [2.24, 2.45) is 0 Å². The second-order valence-corrected chi connectivity index (χ2v) is 5.44. The van der Waals surface area contributed by atoms with Gasteiger partial charge >= 0.3 is 10.9 Å². The Kier molecular flexibility index (Phi) is 3.25. The Morgan fingerprint density at radius 3 is 3.00 bits per heavy atom. The van der Waals surface area contributed by atoms with Crippen LogP contribution in [0.4, 0.5) is 0 Å². The first-order chi connectivity index (χ1) is 6.74. The van der Waals surface area contributed by atoms with Gasteiger partial charge in [-0.1, -0.05) is 15.9 Å². The summed E-state index contributed by atoms with van der Waals surface area (Å²) in [5, 5.41) is 0.920. The summed E-state index contributed by atoms with van der Waals surface area (Å²) >= 11 is 5.18. The summed E-state index contributed by atoms with van der Waals surface area (Å²) in [7, 11) is 0. The van der Waals surface area contributed by atoms with Gasteiger partial charge in [-0.3, -0.25) is 5.73 Å². The van der Waals surface area contributed by atoms with Gasteiger partial charge in [-0.2, -0.15) is 0 Å². The number of thioether (sulfide) groups is 1. The standard InChI is InChI=1S/C10H7BrN2S.HI/c11-6-1-2-7-5(3-6)4-8-9(7)13-10(12)14-8;/h1-3H,4,12H2;1H/q+1;. The Labute approximate surface area is 118 Å². The molecule has 1 aromatic carbocycles. The molecule has 0 unspecified atom stereocenters. The van der Waals surface area contributed by atoms with Crippen molar-refractivity contribution in [1.29, 1.82) is 0 Å². The zero-order chi connectivity index (χ0) is 9.71. The summed E-state index contributed by atoms with van der Waals surface area (Å²) in [5.74, 6) is 0. The highest BCUT2D eigenvalue weighted by molar-refractivity contribution is 9.10. The van der Waals surface area contributed by atoms with Gasteiger partial charge in [0, 0.05) is 10.9 Å². The largest absolute Gasteiger partial charge is 1.00 e. The third-order valence-corrected chi connectivity index (χ3v) is 3.82. The number of nitrogens with zero attached hydrogens (tertiary/aromatic N) is 1. The van der Waals surface area contributed by atoms with Gasteiger partial charge in [0.1, 0.15) is 4.99 Å². The molecule has 2 aliphatic rings. The molecule has 0 saturated carbocycles. The van der Waals surface area contributed by atoms with Gasteiger partial charge in [-0.15, -0.1) is 0 Å². The van der Waals surface area contributed by atoms with Crippen LogP contribution in [0.2, 0.25) is 0 Å². The molecule has 2 nitrogen and oxygen atoms in total. The molecule has 15 heavy (non-hydrogen) atoms. The van der Waals surface area contributed by atoms with Crippen molar-refractivity contribution in [2.45, 2.75) is 6.42 Å². The second-order valence-electron chi connectivity index (χ2n) is 3.36. The van der Waals surface area contributed by atoms with E-state index < -0.39 is 0 Å². The predicted molar refractivity (Wildman–Crippen MR) is 62.4 cm³/mol. The van der Waals surface area contributed by atoms with Crippen LogP contribution in [0.5, 0.6) is 0 Å².